The minimum absolute atomic E-state index is 0.132. The van der Waals surface area contributed by atoms with E-state index in [0.29, 0.717) is 37.4 Å². The maximum atomic E-state index is 12.9. The van der Waals surface area contributed by atoms with E-state index in [0.717, 1.165) is 11.1 Å². The van der Waals surface area contributed by atoms with E-state index in [9.17, 15) is 9.18 Å². The smallest absolute Gasteiger partial charge is 0.317 e. The summed E-state index contributed by atoms with van der Waals surface area (Å²) in [4.78, 5) is 13.8. The normalized spacial score (nSPS) is 10.3. The van der Waals surface area contributed by atoms with E-state index in [-0.39, 0.29) is 11.8 Å². The number of urea groups is 1. The Balaban J connectivity index is 1.77. The Morgan fingerprint density at radius 2 is 1.65 bits per heavy atom. The molecule has 0 heterocycles. The molecular formula is C20H25FN2O3. The van der Waals surface area contributed by atoms with Crippen molar-refractivity contribution in [3.63, 3.8) is 0 Å². The molecule has 0 aliphatic carbocycles. The molecule has 0 unspecified atom stereocenters. The van der Waals surface area contributed by atoms with Gasteiger partial charge >= 0.3 is 6.03 Å². The van der Waals surface area contributed by atoms with E-state index in [1.54, 1.807) is 38.3 Å². The first-order valence-corrected chi connectivity index (χ1v) is 8.47. The molecule has 0 atom stereocenters. The van der Waals surface area contributed by atoms with Crippen LogP contribution in [0.3, 0.4) is 0 Å². The zero-order valence-corrected chi connectivity index (χ0v) is 15.4. The largest absolute Gasteiger partial charge is 0.493 e. The lowest BCUT2D eigenvalue weighted by Crippen LogP contribution is -2.39. The highest BCUT2D eigenvalue weighted by Crippen LogP contribution is 2.27. The maximum absolute atomic E-state index is 12.9. The number of carbonyl (C=O) groups excluding carboxylic acids is 1. The number of amides is 2. The Hall–Kier alpha value is -2.76. The van der Waals surface area contributed by atoms with Crippen LogP contribution < -0.4 is 14.8 Å². The molecule has 0 spiro atoms. The van der Waals surface area contributed by atoms with Gasteiger partial charge in [-0.1, -0.05) is 18.2 Å². The van der Waals surface area contributed by atoms with Crippen molar-refractivity contribution >= 4 is 6.03 Å². The average molecular weight is 360 g/mol. The van der Waals surface area contributed by atoms with Crippen LogP contribution in [0.4, 0.5) is 9.18 Å². The van der Waals surface area contributed by atoms with Gasteiger partial charge in [0, 0.05) is 20.1 Å². The van der Waals surface area contributed by atoms with Crippen molar-refractivity contribution in [2.45, 2.75) is 12.8 Å². The standard InChI is InChI=1S/C20H25FN2O3/c1-23(13-11-16-6-9-18(25-2)19(14-16)26-3)20(24)22-12-10-15-4-7-17(21)8-5-15/h4-9,14H,10-13H2,1-3H3,(H,22,24). The second-order valence-corrected chi connectivity index (χ2v) is 5.97. The van der Waals surface area contributed by atoms with Crippen molar-refractivity contribution < 1.29 is 18.7 Å². The fourth-order valence-electron chi connectivity index (χ4n) is 2.53. The first-order chi connectivity index (χ1) is 12.5. The van der Waals surface area contributed by atoms with Gasteiger partial charge in [0.1, 0.15) is 5.82 Å². The second kappa shape index (κ2) is 9.65. The molecule has 2 aromatic carbocycles. The molecule has 2 amide bonds. The minimum atomic E-state index is -0.257. The molecule has 1 N–H and O–H groups in total. The van der Waals surface area contributed by atoms with Gasteiger partial charge in [0.25, 0.3) is 0 Å². The molecule has 0 aromatic heterocycles. The van der Waals surface area contributed by atoms with Crippen LogP contribution in [0.2, 0.25) is 0 Å². The van der Waals surface area contributed by atoms with E-state index in [2.05, 4.69) is 5.32 Å². The number of nitrogens with zero attached hydrogens (tertiary/aromatic N) is 1. The number of carbonyl (C=O) groups is 1. The van der Waals surface area contributed by atoms with Gasteiger partial charge in [-0.2, -0.15) is 0 Å². The molecule has 26 heavy (non-hydrogen) atoms. The minimum Gasteiger partial charge on any atom is -0.493 e. The lowest BCUT2D eigenvalue weighted by atomic mass is 10.1. The number of hydrogen-bond donors (Lipinski definition) is 1. The second-order valence-electron chi connectivity index (χ2n) is 5.97. The number of nitrogens with one attached hydrogen (secondary N) is 1. The highest BCUT2D eigenvalue weighted by Gasteiger charge is 2.09. The third-order valence-corrected chi connectivity index (χ3v) is 4.13. The molecule has 0 fully saturated rings. The molecule has 2 rings (SSSR count). The van der Waals surface area contributed by atoms with Gasteiger partial charge in [-0.3, -0.25) is 0 Å². The van der Waals surface area contributed by atoms with E-state index >= 15 is 0 Å². The van der Waals surface area contributed by atoms with Gasteiger partial charge in [-0.25, -0.2) is 9.18 Å². The summed E-state index contributed by atoms with van der Waals surface area (Å²) in [6, 6.07) is 11.9. The van der Waals surface area contributed by atoms with Gasteiger partial charge in [0.15, 0.2) is 11.5 Å². The summed E-state index contributed by atoms with van der Waals surface area (Å²) in [6.45, 7) is 1.09. The monoisotopic (exact) mass is 360 g/mol. The highest BCUT2D eigenvalue weighted by molar-refractivity contribution is 5.73. The Labute approximate surface area is 153 Å². The highest BCUT2D eigenvalue weighted by atomic mass is 19.1. The summed E-state index contributed by atoms with van der Waals surface area (Å²) in [5, 5.41) is 2.87. The predicted octanol–water partition coefficient (Wildman–Crippen LogP) is 3.27. The Bertz CT molecular complexity index is 719. The lowest BCUT2D eigenvalue weighted by Gasteiger charge is -2.18. The van der Waals surface area contributed by atoms with Crippen molar-refractivity contribution in [2.24, 2.45) is 0 Å². The van der Waals surface area contributed by atoms with Crippen molar-refractivity contribution in [1.29, 1.82) is 0 Å². The quantitative estimate of drug-likeness (QED) is 0.786. The van der Waals surface area contributed by atoms with Gasteiger partial charge in [-0.15, -0.1) is 0 Å². The molecular weight excluding hydrogens is 335 g/mol. The molecule has 5 nitrogen and oxygen atoms in total. The summed E-state index contributed by atoms with van der Waals surface area (Å²) in [7, 11) is 4.96. The third kappa shape index (κ3) is 5.65. The van der Waals surface area contributed by atoms with Crippen LogP contribution in [0.25, 0.3) is 0 Å². The summed E-state index contributed by atoms with van der Waals surface area (Å²) in [6.07, 6.45) is 1.37. The first-order valence-electron chi connectivity index (χ1n) is 8.47. The van der Waals surface area contributed by atoms with Crippen LogP contribution in [0.15, 0.2) is 42.5 Å². The van der Waals surface area contributed by atoms with Gasteiger partial charge in [-0.05, 0) is 48.2 Å². The van der Waals surface area contributed by atoms with Crippen LogP contribution in [0.5, 0.6) is 11.5 Å². The van der Waals surface area contributed by atoms with Crippen LogP contribution >= 0.6 is 0 Å². The number of ether oxygens (including phenoxy) is 2. The Morgan fingerprint density at radius 3 is 2.31 bits per heavy atom. The number of benzene rings is 2. The van der Waals surface area contributed by atoms with Crippen molar-refractivity contribution in [1.82, 2.24) is 10.2 Å². The number of rotatable bonds is 8. The zero-order valence-electron chi connectivity index (χ0n) is 15.4. The molecule has 0 radical (unpaired) electrons. The number of methoxy groups -OCH3 is 2. The van der Waals surface area contributed by atoms with E-state index in [1.807, 2.05) is 18.2 Å². The predicted molar refractivity (Wildman–Crippen MR) is 99.4 cm³/mol. The van der Waals surface area contributed by atoms with Crippen LogP contribution in [-0.2, 0) is 12.8 Å². The maximum Gasteiger partial charge on any atom is 0.317 e. The van der Waals surface area contributed by atoms with E-state index < -0.39 is 0 Å². The molecule has 6 heteroatoms. The Morgan fingerprint density at radius 1 is 1.00 bits per heavy atom. The SMILES string of the molecule is COc1ccc(CCN(C)C(=O)NCCc2ccc(F)cc2)cc1OC. The molecule has 2 aromatic rings. The average Bonchev–Trinajstić information content (AvgIpc) is 2.67. The lowest BCUT2D eigenvalue weighted by molar-refractivity contribution is 0.209. The molecule has 0 aliphatic heterocycles. The fraction of sp³-hybridized carbons (Fsp3) is 0.350. The molecule has 140 valence electrons. The summed E-state index contributed by atoms with van der Waals surface area (Å²) in [5.74, 6) is 1.10. The van der Waals surface area contributed by atoms with Gasteiger partial charge < -0.3 is 19.7 Å². The van der Waals surface area contributed by atoms with Gasteiger partial charge in [0.05, 0.1) is 14.2 Å². The summed E-state index contributed by atoms with van der Waals surface area (Å²) >= 11 is 0. The number of hydrogen-bond acceptors (Lipinski definition) is 3. The third-order valence-electron chi connectivity index (χ3n) is 4.13. The molecule has 0 saturated heterocycles. The van der Waals surface area contributed by atoms with Gasteiger partial charge in [0.2, 0.25) is 0 Å². The number of likely N-dealkylation sites (N-methyl/N-ethyl adjacent to an activating group) is 1. The van der Waals surface area contributed by atoms with Crippen molar-refractivity contribution in [2.75, 3.05) is 34.4 Å². The van der Waals surface area contributed by atoms with E-state index in [1.165, 1.54) is 12.1 Å². The summed E-state index contributed by atoms with van der Waals surface area (Å²) in [5.41, 5.74) is 2.05. The zero-order chi connectivity index (χ0) is 18.9. The molecule has 0 saturated carbocycles. The van der Waals surface area contributed by atoms with Crippen LogP contribution in [-0.4, -0.2) is 45.3 Å². The van der Waals surface area contributed by atoms with E-state index in [4.69, 9.17) is 9.47 Å². The molecule has 0 aliphatic rings. The number of halogens is 1. The van der Waals surface area contributed by atoms with Crippen LogP contribution in [0.1, 0.15) is 11.1 Å². The van der Waals surface area contributed by atoms with Crippen molar-refractivity contribution in [3.8, 4) is 11.5 Å². The van der Waals surface area contributed by atoms with Crippen molar-refractivity contribution in [3.05, 3.63) is 59.4 Å². The molecule has 0 bridgehead atoms. The fourth-order valence-corrected chi connectivity index (χ4v) is 2.53. The van der Waals surface area contributed by atoms with Crippen LogP contribution in [0, 0.1) is 5.82 Å². The summed E-state index contributed by atoms with van der Waals surface area (Å²) < 4.78 is 23.4. The first kappa shape index (κ1) is 19.6. The Kier molecular flexibility index (Phi) is 7.26. The topological polar surface area (TPSA) is 50.8 Å².